The molecule has 120 valence electrons. The molecule has 0 bridgehead atoms. The first-order chi connectivity index (χ1) is 10.6. The minimum atomic E-state index is -0.253. The van der Waals surface area contributed by atoms with Crippen molar-refractivity contribution in [3.05, 3.63) is 23.1 Å². The van der Waals surface area contributed by atoms with Crippen molar-refractivity contribution in [1.29, 1.82) is 0 Å². The number of hydrogen-bond acceptors (Lipinski definition) is 5. The zero-order chi connectivity index (χ0) is 16.1. The summed E-state index contributed by atoms with van der Waals surface area (Å²) < 4.78 is 12.2. The lowest BCUT2D eigenvalue weighted by Gasteiger charge is -2.10. The fraction of sp³-hybridized carbons (Fsp3) is 0.471. The Labute approximate surface area is 140 Å². The number of thioether (sulfide) groups is 1. The topological polar surface area (TPSA) is 35.5 Å². The summed E-state index contributed by atoms with van der Waals surface area (Å²) in [6, 6.07) is 5.88. The molecule has 2 aromatic rings. The summed E-state index contributed by atoms with van der Waals surface area (Å²) in [7, 11) is 0. The minimum Gasteiger partial charge on any atom is -0.493 e. The first kappa shape index (κ1) is 17.2. The molecule has 5 heteroatoms. The minimum absolute atomic E-state index is 0.253. The highest BCUT2D eigenvalue weighted by molar-refractivity contribution is 8.00. The zero-order valence-corrected chi connectivity index (χ0v) is 15.1. The van der Waals surface area contributed by atoms with E-state index in [0.29, 0.717) is 24.0 Å². The van der Waals surface area contributed by atoms with Crippen LogP contribution in [0.15, 0.2) is 22.4 Å². The van der Waals surface area contributed by atoms with Gasteiger partial charge in [-0.2, -0.15) is 0 Å². The van der Waals surface area contributed by atoms with E-state index >= 15 is 0 Å². The lowest BCUT2D eigenvalue weighted by molar-refractivity contribution is 0.0534. The number of thiophene rings is 1. The molecular weight excluding hydrogens is 316 g/mol. The second-order valence-electron chi connectivity index (χ2n) is 5.35. The van der Waals surface area contributed by atoms with Gasteiger partial charge in [-0.1, -0.05) is 26.0 Å². The fourth-order valence-electron chi connectivity index (χ4n) is 2.15. The molecule has 0 saturated heterocycles. The Kier molecular flexibility index (Phi) is 6.15. The first-order valence-electron chi connectivity index (χ1n) is 7.47. The van der Waals surface area contributed by atoms with E-state index in [0.717, 1.165) is 27.2 Å². The number of rotatable bonds is 7. The number of carbonyl (C=O) groups is 1. The van der Waals surface area contributed by atoms with Gasteiger partial charge in [0.2, 0.25) is 0 Å². The predicted octanol–water partition coefficient (Wildman–Crippen LogP) is 5.22. The van der Waals surface area contributed by atoms with Gasteiger partial charge in [-0.25, -0.2) is 4.79 Å². The monoisotopic (exact) mass is 338 g/mol. The van der Waals surface area contributed by atoms with Crippen LogP contribution < -0.4 is 4.74 Å². The molecule has 0 radical (unpaired) electrons. The molecule has 0 amide bonds. The van der Waals surface area contributed by atoms with E-state index in [2.05, 4.69) is 13.8 Å². The summed E-state index contributed by atoms with van der Waals surface area (Å²) in [6.45, 7) is 7.26. The maximum atomic E-state index is 12.1. The van der Waals surface area contributed by atoms with Gasteiger partial charge in [0, 0.05) is 10.8 Å². The van der Waals surface area contributed by atoms with Crippen LogP contribution in [0.3, 0.4) is 0 Å². The normalized spacial score (nSPS) is 11.1. The molecule has 0 spiro atoms. The predicted molar refractivity (Wildman–Crippen MR) is 94.5 cm³/mol. The molecule has 0 saturated carbocycles. The number of ether oxygens (including phenoxy) is 2. The highest BCUT2D eigenvalue weighted by Gasteiger charge is 2.20. The van der Waals surface area contributed by atoms with Crippen molar-refractivity contribution in [2.45, 2.75) is 31.4 Å². The number of esters is 1. The fourth-order valence-corrected chi connectivity index (χ4v) is 4.06. The SMILES string of the molecule is CCOC(=O)c1sc(SC)c2c(OCCC(C)C)cccc12. The molecule has 22 heavy (non-hydrogen) atoms. The van der Waals surface area contributed by atoms with Gasteiger partial charge in [0.25, 0.3) is 0 Å². The molecule has 1 heterocycles. The summed E-state index contributed by atoms with van der Waals surface area (Å²) in [5, 5.41) is 1.96. The van der Waals surface area contributed by atoms with E-state index < -0.39 is 0 Å². The highest BCUT2D eigenvalue weighted by atomic mass is 32.2. The smallest absolute Gasteiger partial charge is 0.348 e. The summed E-state index contributed by atoms with van der Waals surface area (Å²) in [6.07, 6.45) is 3.03. The molecule has 0 aliphatic rings. The van der Waals surface area contributed by atoms with E-state index in [4.69, 9.17) is 9.47 Å². The third kappa shape index (κ3) is 3.76. The number of benzene rings is 1. The van der Waals surface area contributed by atoms with Crippen molar-refractivity contribution in [1.82, 2.24) is 0 Å². The van der Waals surface area contributed by atoms with Gasteiger partial charge in [-0.05, 0) is 31.6 Å². The van der Waals surface area contributed by atoms with E-state index in [-0.39, 0.29) is 5.97 Å². The third-order valence-corrected chi connectivity index (χ3v) is 5.57. The van der Waals surface area contributed by atoms with E-state index in [9.17, 15) is 4.79 Å². The Hall–Kier alpha value is -1.20. The van der Waals surface area contributed by atoms with Crippen LogP contribution >= 0.6 is 23.1 Å². The Bertz CT molecular complexity index is 647. The molecular formula is C17H22O3S2. The lowest BCUT2D eigenvalue weighted by Crippen LogP contribution is -2.03. The zero-order valence-electron chi connectivity index (χ0n) is 13.5. The highest BCUT2D eigenvalue weighted by Crippen LogP contribution is 2.42. The van der Waals surface area contributed by atoms with Gasteiger partial charge in [-0.3, -0.25) is 0 Å². The molecule has 1 aromatic carbocycles. The van der Waals surface area contributed by atoms with Crippen LogP contribution in [-0.2, 0) is 4.74 Å². The molecule has 0 aliphatic carbocycles. The van der Waals surface area contributed by atoms with Crippen LogP contribution in [0.1, 0.15) is 36.9 Å². The second kappa shape index (κ2) is 7.88. The van der Waals surface area contributed by atoms with Crippen molar-refractivity contribution in [3.63, 3.8) is 0 Å². The van der Waals surface area contributed by atoms with Crippen molar-refractivity contribution in [3.8, 4) is 5.75 Å². The van der Waals surface area contributed by atoms with Gasteiger partial charge in [0.1, 0.15) is 10.6 Å². The number of hydrogen-bond donors (Lipinski definition) is 0. The Morgan fingerprint density at radius 2 is 2.14 bits per heavy atom. The van der Waals surface area contributed by atoms with Crippen LogP contribution in [0.2, 0.25) is 0 Å². The average molecular weight is 338 g/mol. The Morgan fingerprint density at radius 1 is 1.36 bits per heavy atom. The molecule has 2 rings (SSSR count). The summed E-state index contributed by atoms with van der Waals surface area (Å²) in [4.78, 5) is 12.8. The second-order valence-corrected chi connectivity index (χ2v) is 7.45. The van der Waals surface area contributed by atoms with Crippen molar-refractivity contribution < 1.29 is 14.3 Å². The maximum Gasteiger partial charge on any atom is 0.348 e. The molecule has 0 atom stereocenters. The molecule has 1 aromatic heterocycles. The quantitative estimate of drug-likeness (QED) is 0.512. The third-order valence-electron chi connectivity index (χ3n) is 3.27. The van der Waals surface area contributed by atoms with Gasteiger partial charge in [-0.15, -0.1) is 23.1 Å². The Morgan fingerprint density at radius 3 is 2.77 bits per heavy atom. The van der Waals surface area contributed by atoms with E-state index in [1.807, 2.05) is 31.4 Å². The molecule has 0 aliphatic heterocycles. The van der Waals surface area contributed by atoms with Crippen LogP contribution in [-0.4, -0.2) is 25.4 Å². The van der Waals surface area contributed by atoms with Crippen molar-refractivity contribution in [2.24, 2.45) is 5.92 Å². The molecule has 0 fully saturated rings. The first-order valence-corrected chi connectivity index (χ1v) is 9.52. The van der Waals surface area contributed by atoms with Gasteiger partial charge in [0.15, 0.2) is 0 Å². The van der Waals surface area contributed by atoms with Gasteiger partial charge in [0.05, 0.1) is 17.4 Å². The maximum absolute atomic E-state index is 12.1. The number of carbonyl (C=O) groups excluding carboxylic acids is 1. The van der Waals surface area contributed by atoms with Gasteiger partial charge < -0.3 is 9.47 Å². The number of fused-ring (bicyclic) bond motifs is 1. The standard InChI is InChI=1S/C17H22O3S2/c1-5-19-16(18)15-12-7-6-8-13(20-10-9-11(2)3)14(12)17(21-4)22-15/h6-8,11H,5,9-10H2,1-4H3. The summed E-state index contributed by atoms with van der Waals surface area (Å²) in [5.41, 5.74) is 0. The van der Waals surface area contributed by atoms with Crippen LogP contribution in [0, 0.1) is 5.92 Å². The van der Waals surface area contributed by atoms with E-state index in [1.54, 1.807) is 11.8 Å². The lowest BCUT2D eigenvalue weighted by atomic mass is 10.1. The molecule has 0 N–H and O–H groups in total. The van der Waals surface area contributed by atoms with Crippen LogP contribution in [0.4, 0.5) is 0 Å². The molecule has 0 unspecified atom stereocenters. The summed E-state index contributed by atoms with van der Waals surface area (Å²) >= 11 is 3.12. The summed E-state index contributed by atoms with van der Waals surface area (Å²) in [5.74, 6) is 1.21. The van der Waals surface area contributed by atoms with Crippen LogP contribution in [0.25, 0.3) is 10.8 Å². The molecule has 3 nitrogen and oxygen atoms in total. The van der Waals surface area contributed by atoms with E-state index in [1.165, 1.54) is 11.3 Å². The van der Waals surface area contributed by atoms with Crippen molar-refractivity contribution in [2.75, 3.05) is 19.5 Å². The van der Waals surface area contributed by atoms with Gasteiger partial charge >= 0.3 is 5.97 Å². The largest absolute Gasteiger partial charge is 0.493 e. The average Bonchev–Trinajstić information content (AvgIpc) is 2.87. The van der Waals surface area contributed by atoms with Crippen molar-refractivity contribution >= 4 is 39.8 Å². The van der Waals surface area contributed by atoms with Crippen LogP contribution in [0.5, 0.6) is 5.75 Å². The Balaban J connectivity index is 2.40.